The van der Waals surface area contributed by atoms with E-state index in [9.17, 15) is 13.2 Å². The molecule has 7 nitrogen and oxygen atoms in total. The average molecular weight is 466 g/mol. The van der Waals surface area contributed by atoms with Crippen LogP contribution in [0.3, 0.4) is 0 Å². The van der Waals surface area contributed by atoms with Crippen molar-refractivity contribution < 1.29 is 17.9 Å². The Balaban J connectivity index is 1.42. The van der Waals surface area contributed by atoms with E-state index in [2.05, 4.69) is 20.1 Å². The number of hydrogen-bond acceptors (Lipinski definition) is 5. The highest BCUT2D eigenvalue weighted by molar-refractivity contribution is 5.67. The zero-order chi connectivity index (χ0) is 23.8. The largest absolute Gasteiger partial charge is 0.493 e. The van der Waals surface area contributed by atoms with Gasteiger partial charge in [-0.3, -0.25) is 4.57 Å². The van der Waals surface area contributed by atoms with Gasteiger partial charge in [-0.05, 0) is 61.2 Å². The van der Waals surface area contributed by atoms with Gasteiger partial charge in [-0.15, -0.1) is 0 Å². The first-order chi connectivity index (χ1) is 16.4. The summed E-state index contributed by atoms with van der Waals surface area (Å²) in [5.41, 5.74) is 2.00. The number of methoxy groups -OCH3 is 1. The highest BCUT2D eigenvalue weighted by atomic mass is 19.2. The first-order valence-electron chi connectivity index (χ1n) is 10.7. The normalized spacial score (nSPS) is 15.6. The van der Waals surface area contributed by atoms with Gasteiger partial charge in [0.2, 0.25) is 0 Å². The first-order valence-corrected chi connectivity index (χ1v) is 10.7. The summed E-state index contributed by atoms with van der Waals surface area (Å²) in [6.45, 7) is 2.54. The SMILES string of the molecule is COc1cc(C=Cc2nc3n(n2)CCC[C@@H]3c2cc(F)c(F)c(F)c2)cnc1-n1cnc(C)c1. The molecule has 0 fully saturated rings. The number of aryl methyl sites for hydroxylation is 2. The molecule has 5 rings (SSSR count). The quantitative estimate of drug-likeness (QED) is 0.399. The smallest absolute Gasteiger partial charge is 0.194 e. The number of hydrogen-bond donors (Lipinski definition) is 0. The molecule has 0 amide bonds. The molecule has 34 heavy (non-hydrogen) atoms. The number of imidazole rings is 1. The molecular formula is C24H21F3N6O. The van der Waals surface area contributed by atoms with Gasteiger partial charge in [0.1, 0.15) is 12.2 Å². The molecule has 10 heteroatoms. The van der Waals surface area contributed by atoms with Gasteiger partial charge in [0.05, 0.1) is 12.8 Å². The molecule has 1 aromatic carbocycles. The van der Waals surface area contributed by atoms with E-state index in [-0.39, 0.29) is 5.92 Å². The van der Waals surface area contributed by atoms with Crippen LogP contribution in [0.15, 0.2) is 36.9 Å². The Bertz CT molecular complexity index is 1370. The number of fused-ring (bicyclic) bond motifs is 1. The summed E-state index contributed by atoms with van der Waals surface area (Å²) in [7, 11) is 1.57. The van der Waals surface area contributed by atoms with Crippen LogP contribution >= 0.6 is 0 Å². The zero-order valence-electron chi connectivity index (χ0n) is 18.5. The van der Waals surface area contributed by atoms with Gasteiger partial charge in [0, 0.05) is 24.9 Å². The van der Waals surface area contributed by atoms with E-state index in [4.69, 9.17) is 4.74 Å². The van der Waals surface area contributed by atoms with Crippen LogP contribution in [-0.2, 0) is 6.54 Å². The monoisotopic (exact) mass is 466 g/mol. The van der Waals surface area contributed by atoms with Crippen LogP contribution in [0.5, 0.6) is 5.75 Å². The predicted molar refractivity (Wildman–Crippen MR) is 119 cm³/mol. The van der Waals surface area contributed by atoms with Gasteiger partial charge in [0.15, 0.2) is 34.8 Å². The minimum atomic E-state index is -1.47. The second-order valence-corrected chi connectivity index (χ2v) is 8.09. The summed E-state index contributed by atoms with van der Waals surface area (Å²) >= 11 is 0. The zero-order valence-corrected chi connectivity index (χ0v) is 18.5. The highest BCUT2D eigenvalue weighted by Crippen LogP contribution is 2.33. The summed E-state index contributed by atoms with van der Waals surface area (Å²) in [4.78, 5) is 13.3. The number of benzene rings is 1. The van der Waals surface area contributed by atoms with E-state index in [0.29, 0.717) is 41.7 Å². The molecule has 1 aliphatic rings. The third-order valence-electron chi connectivity index (χ3n) is 5.75. The van der Waals surface area contributed by atoms with E-state index in [0.717, 1.165) is 29.8 Å². The second kappa shape index (κ2) is 8.77. The number of halogens is 3. The average Bonchev–Trinajstić information content (AvgIpc) is 3.46. The summed E-state index contributed by atoms with van der Waals surface area (Å²) < 4.78 is 50.0. The predicted octanol–water partition coefficient (Wildman–Crippen LogP) is 4.69. The maximum Gasteiger partial charge on any atom is 0.194 e. The van der Waals surface area contributed by atoms with Crippen molar-refractivity contribution in [2.24, 2.45) is 0 Å². The van der Waals surface area contributed by atoms with E-state index in [1.807, 2.05) is 25.3 Å². The summed E-state index contributed by atoms with van der Waals surface area (Å²) in [6, 6.07) is 3.91. The van der Waals surface area contributed by atoms with Crippen LogP contribution in [0.1, 0.15) is 47.2 Å². The van der Waals surface area contributed by atoms with Crippen LogP contribution in [0.4, 0.5) is 13.2 Å². The molecule has 0 aliphatic carbocycles. The summed E-state index contributed by atoms with van der Waals surface area (Å²) in [5.74, 6) is -1.99. The van der Waals surface area contributed by atoms with Crippen LogP contribution in [-0.4, -0.2) is 36.4 Å². The molecule has 1 atom stereocenters. The van der Waals surface area contributed by atoms with E-state index < -0.39 is 17.5 Å². The fourth-order valence-corrected chi connectivity index (χ4v) is 4.13. The molecule has 0 radical (unpaired) electrons. The number of aromatic nitrogens is 6. The van der Waals surface area contributed by atoms with E-state index >= 15 is 0 Å². The van der Waals surface area contributed by atoms with E-state index in [1.54, 1.807) is 35.0 Å². The molecule has 3 aromatic heterocycles. The van der Waals surface area contributed by atoms with Crippen molar-refractivity contribution in [1.29, 1.82) is 0 Å². The van der Waals surface area contributed by atoms with Crippen molar-refractivity contribution in [3.63, 3.8) is 0 Å². The van der Waals surface area contributed by atoms with Crippen LogP contribution in [0.25, 0.3) is 18.0 Å². The van der Waals surface area contributed by atoms with Crippen molar-refractivity contribution in [1.82, 2.24) is 29.3 Å². The third kappa shape index (κ3) is 4.07. The Morgan fingerprint density at radius 3 is 2.59 bits per heavy atom. The minimum absolute atomic E-state index is 0.347. The highest BCUT2D eigenvalue weighted by Gasteiger charge is 2.27. The standard InChI is InChI=1S/C24H21F3N6O/c1-14-12-32(13-29-14)24-20(34-2)8-15(11-28-24)5-6-21-30-23-17(4-3-7-33(23)31-21)16-9-18(25)22(27)19(26)10-16/h5-6,8-13,17H,3-4,7H2,1-2H3/t17-/m1/s1. The number of ether oxygens (including phenoxy) is 1. The molecule has 0 unspecified atom stereocenters. The van der Waals surface area contributed by atoms with Crippen LogP contribution < -0.4 is 4.74 Å². The first kappa shape index (κ1) is 21.9. The molecule has 4 aromatic rings. The molecule has 0 saturated carbocycles. The minimum Gasteiger partial charge on any atom is -0.493 e. The fraction of sp³-hybridized carbons (Fsp3) is 0.250. The number of rotatable bonds is 5. The van der Waals surface area contributed by atoms with Gasteiger partial charge in [-0.1, -0.05) is 0 Å². The molecule has 0 spiro atoms. The maximum absolute atomic E-state index is 13.8. The van der Waals surface area contributed by atoms with Crippen molar-refractivity contribution in [2.75, 3.05) is 7.11 Å². The van der Waals surface area contributed by atoms with Gasteiger partial charge in [0.25, 0.3) is 0 Å². The van der Waals surface area contributed by atoms with Gasteiger partial charge in [-0.25, -0.2) is 32.8 Å². The Morgan fingerprint density at radius 1 is 1.09 bits per heavy atom. The molecule has 0 saturated heterocycles. The number of pyridine rings is 1. The third-order valence-corrected chi connectivity index (χ3v) is 5.75. The fourth-order valence-electron chi connectivity index (χ4n) is 4.13. The molecule has 174 valence electrons. The lowest BCUT2D eigenvalue weighted by molar-refractivity contribution is 0.410. The summed E-state index contributed by atoms with van der Waals surface area (Å²) in [6.07, 6.45) is 10.2. The van der Waals surface area contributed by atoms with Crippen molar-refractivity contribution in [3.8, 4) is 11.6 Å². The number of nitrogens with zero attached hydrogens (tertiary/aromatic N) is 6. The van der Waals surface area contributed by atoms with Gasteiger partial charge < -0.3 is 4.74 Å². The Labute approximate surface area is 193 Å². The second-order valence-electron chi connectivity index (χ2n) is 8.09. The Kier molecular flexibility index (Phi) is 5.64. The lowest BCUT2D eigenvalue weighted by Crippen LogP contribution is -2.18. The van der Waals surface area contributed by atoms with Crippen molar-refractivity contribution in [2.45, 2.75) is 32.2 Å². The van der Waals surface area contributed by atoms with Crippen LogP contribution in [0.2, 0.25) is 0 Å². The topological polar surface area (TPSA) is 70.7 Å². The molecule has 0 bridgehead atoms. The lowest BCUT2D eigenvalue weighted by Gasteiger charge is -2.22. The van der Waals surface area contributed by atoms with E-state index in [1.165, 1.54) is 0 Å². The molecule has 1 aliphatic heterocycles. The van der Waals surface area contributed by atoms with Crippen LogP contribution in [0, 0.1) is 24.4 Å². The van der Waals surface area contributed by atoms with Gasteiger partial charge >= 0.3 is 0 Å². The molecular weight excluding hydrogens is 445 g/mol. The lowest BCUT2D eigenvalue weighted by atomic mass is 9.91. The maximum atomic E-state index is 13.8. The Morgan fingerprint density at radius 2 is 1.88 bits per heavy atom. The molecule has 0 N–H and O–H groups in total. The van der Waals surface area contributed by atoms with Crippen molar-refractivity contribution >= 4 is 12.2 Å². The van der Waals surface area contributed by atoms with Gasteiger partial charge in [-0.2, -0.15) is 5.10 Å². The molecule has 4 heterocycles. The summed E-state index contributed by atoms with van der Waals surface area (Å²) in [5, 5.41) is 4.51. The van der Waals surface area contributed by atoms with Crippen molar-refractivity contribution in [3.05, 3.63) is 82.8 Å². The Hall–Kier alpha value is -3.95.